The Morgan fingerprint density at radius 3 is 2.15 bits per heavy atom. The highest BCUT2D eigenvalue weighted by atomic mass is 16.5. The van der Waals surface area contributed by atoms with Gasteiger partial charge in [-0.25, -0.2) is 0 Å². The summed E-state index contributed by atoms with van der Waals surface area (Å²) in [5.74, 6) is -0.976. The Bertz CT molecular complexity index is 1640. The fraction of sp³-hybridized carbons (Fsp3) is 0.410. The molecular formula is C39H47N3O6. The first-order valence-corrected chi connectivity index (χ1v) is 16.8. The van der Waals surface area contributed by atoms with Crippen molar-refractivity contribution < 1.29 is 28.8 Å². The van der Waals surface area contributed by atoms with E-state index in [2.05, 4.69) is 43.2 Å². The number of hydrogen-bond acceptors (Lipinski definition) is 7. The maximum Gasteiger partial charge on any atom is 0.325 e. The Morgan fingerprint density at radius 2 is 1.52 bits per heavy atom. The molecule has 1 aromatic heterocycles. The SMILES string of the molecule is CCCCCCCOc1ccc(-c2nc(-c3ccc(C[C@H](CC(=O)c4ccc(C(C)(C)C)cc4)C(=O)N[C@H](C)C(=O)O)cc3)no2)cc1. The maximum absolute atomic E-state index is 13.3. The normalized spacial score (nSPS) is 12.7. The summed E-state index contributed by atoms with van der Waals surface area (Å²) in [6.45, 7) is 10.6. The molecule has 9 nitrogen and oxygen atoms in total. The third-order valence-corrected chi connectivity index (χ3v) is 8.34. The molecule has 0 aliphatic rings. The third-order valence-electron chi connectivity index (χ3n) is 8.34. The number of unbranched alkanes of at least 4 members (excludes halogenated alkanes) is 4. The van der Waals surface area contributed by atoms with Gasteiger partial charge in [-0.1, -0.05) is 107 Å². The maximum atomic E-state index is 13.3. The highest BCUT2D eigenvalue weighted by Gasteiger charge is 2.26. The number of carboxylic acids is 1. The van der Waals surface area contributed by atoms with Crippen LogP contribution in [0.5, 0.6) is 5.75 Å². The summed E-state index contributed by atoms with van der Waals surface area (Å²) in [4.78, 5) is 42.4. The van der Waals surface area contributed by atoms with Gasteiger partial charge in [0.2, 0.25) is 11.7 Å². The zero-order valence-corrected chi connectivity index (χ0v) is 28.6. The Hall–Kier alpha value is -4.79. The number of aromatic nitrogens is 2. The largest absolute Gasteiger partial charge is 0.494 e. The molecule has 0 fully saturated rings. The third kappa shape index (κ3) is 10.4. The first-order chi connectivity index (χ1) is 22.9. The van der Waals surface area contributed by atoms with Crippen LogP contribution in [0.2, 0.25) is 0 Å². The van der Waals surface area contributed by atoms with Crippen molar-refractivity contribution in [2.75, 3.05) is 6.61 Å². The van der Waals surface area contributed by atoms with E-state index >= 15 is 0 Å². The summed E-state index contributed by atoms with van der Waals surface area (Å²) in [6, 6.07) is 21.3. The summed E-state index contributed by atoms with van der Waals surface area (Å²) in [6.07, 6.45) is 6.11. The van der Waals surface area contributed by atoms with Crippen molar-refractivity contribution in [3.63, 3.8) is 0 Å². The van der Waals surface area contributed by atoms with E-state index in [-0.39, 0.29) is 24.0 Å². The van der Waals surface area contributed by atoms with E-state index in [1.165, 1.54) is 32.6 Å². The van der Waals surface area contributed by atoms with Crippen molar-refractivity contribution in [3.05, 3.63) is 89.5 Å². The number of carbonyl (C=O) groups excluding carboxylic acids is 2. The monoisotopic (exact) mass is 653 g/mol. The number of ketones is 1. The number of Topliss-reactive ketones (excluding diaryl/α,β-unsaturated/α-hetero) is 1. The Kier molecular flexibility index (Phi) is 12.7. The lowest BCUT2D eigenvalue weighted by Gasteiger charge is -2.20. The quantitative estimate of drug-likeness (QED) is 0.0864. The lowest BCUT2D eigenvalue weighted by atomic mass is 9.85. The van der Waals surface area contributed by atoms with Crippen LogP contribution in [0.1, 0.15) is 94.6 Å². The molecule has 3 aromatic carbocycles. The molecule has 0 radical (unpaired) electrons. The second kappa shape index (κ2) is 16.9. The second-order valence-corrected chi connectivity index (χ2v) is 13.3. The first-order valence-electron chi connectivity index (χ1n) is 16.8. The molecule has 0 spiro atoms. The zero-order chi connectivity index (χ0) is 34.7. The Labute approximate surface area is 283 Å². The van der Waals surface area contributed by atoms with Crippen LogP contribution in [0.15, 0.2) is 77.3 Å². The molecule has 2 atom stereocenters. The number of hydrogen-bond donors (Lipinski definition) is 2. The minimum absolute atomic E-state index is 0.0556. The van der Waals surface area contributed by atoms with Crippen molar-refractivity contribution in [2.45, 2.75) is 91.0 Å². The van der Waals surface area contributed by atoms with Crippen LogP contribution < -0.4 is 10.1 Å². The number of ether oxygens (including phenoxy) is 1. The lowest BCUT2D eigenvalue weighted by Crippen LogP contribution is -2.42. The second-order valence-electron chi connectivity index (χ2n) is 13.3. The summed E-state index contributed by atoms with van der Waals surface area (Å²) < 4.78 is 11.4. The molecule has 2 N–H and O–H groups in total. The summed E-state index contributed by atoms with van der Waals surface area (Å²) in [7, 11) is 0. The molecule has 254 valence electrons. The van der Waals surface area contributed by atoms with Gasteiger partial charge in [0.15, 0.2) is 5.78 Å². The molecule has 1 heterocycles. The molecule has 1 amide bonds. The van der Waals surface area contributed by atoms with Gasteiger partial charge in [-0.3, -0.25) is 14.4 Å². The van der Waals surface area contributed by atoms with Crippen molar-refractivity contribution in [1.29, 1.82) is 0 Å². The number of nitrogens with zero attached hydrogens (tertiary/aromatic N) is 2. The number of carboxylic acid groups (broad SMARTS) is 1. The van der Waals surface area contributed by atoms with Gasteiger partial charge >= 0.3 is 5.97 Å². The van der Waals surface area contributed by atoms with Crippen LogP contribution >= 0.6 is 0 Å². The molecule has 0 bridgehead atoms. The fourth-order valence-electron chi connectivity index (χ4n) is 5.27. The Morgan fingerprint density at radius 1 is 0.875 bits per heavy atom. The van der Waals surface area contributed by atoms with Crippen LogP contribution in [0.4, 0.5) is 0 Å². The van der Waals surface area contributed by atoms with E-state index in [9.17, 15) is 19.5 Å². The van der Waals surface area contributed by atoms with Gasteiger partial charge in [-0.2, -0.15) is 4.98 Å². The van der Waals surface area contributed by atoms with Gasteiger partial charge in [-0.15, -0.1) is 0 Å². The van der Waals surface area contributed by atoms with Crippen molar-refractivity contribution in [3.8, 4) is 28.6 Å². The van der Waals surface area contributed by atoms with E-state index in [1.807, 2.05) is 60.7 Å². The molecule has 0 saturated carbocycles. The average molecular weight is 654 g/mol. The topological polar surface area (TPSA) is 132 Å². The molecule has 9 heteroatoms. The van der Waals surface area contributed by atoms with Gasteiger partial charge in [0, 0.05) is 29.0 Å². The number of aliphatic carboxylic acids is 1. The number of nitrogens with one attached hydrogen (secondary N) is 1. The highest BCUT2D eigenvalue weighted by Crippen LogP contribution is 2.26. The fourth-order valence-corrected chi connectivity index (χ4v) is 5.27. The number of carbonyl (C=O) groups is 3. The highest BCUT2D eigenvalue weighted by molar-refractivity contribution is 5.99. The van der Waals surface area contributed by atoms with E-state index in [4.69, 9.17) is 9.26 Å². The molecule has 48 heavy (non-hydrogen) atoms. The molecule has 0 aliphatic heterocycles. The van der Waals surface area contributed by atoms with Crippen LogP contribution in [-0.2, 0) is 21.4 Å². The van der Waals surface area contributed by atoms with Gasteiger partial charge in [0.1, 0.15) is 11.8 Å². The van der Waals surface area contributed by atoms with E-state index < -0.39 is 23.8 Å². The number of benzene rings is 3. The average Bonchev–Trinajstić information content (AvgIpc) is 3.56. The van der Waals surface area contributed by atoms with Gasteiger partial charge in [0.25, 0.3) is 5.89 Å². The van der Waals surface area contributed by atoms with E-state index in [0.29, 0.717) is 23.9 Å². The van der Waals surface area contributed by atoms with E-state index in [1.54, 1.807) is 12.1 Å². The molecule has 4 aromatic rings. The summed E-state index contributed by atoms with van der Waals surface area (Å²) >= 11 is 0. The smallest absolute Gasteiger partial charge is 0.325 e. The molecular weight excluding hydrogens is 606 g/mol. The van der Waals surface area contributed by atoms with Gasteiger partial charge in [-0.05, 0) is 60.6 Å². The van der Waals surface area contributed by atoms with Crippen LogP contribution in [0.25, 0.3) is 22.8 Å². The molecule has 0 saturated heterocycles. The first kappa shape index (κ1) is 36.1. The Balaban J connectivity index is 1.41. The van der Waals surface area contributed by atoms with Crippen molar-refractivity contribution in [1.82, 2.24) is 15.5 Å². The van der Waals surface area contributed by atoms with Crippen molar-refractivity contribution >= 4 is 17.7 Å². The summed E-state index contributed by atoms with van der Waals surface area (Å²) in [5.41, 5.74) is 3.87. The number of rotatable bonds is 17. The van der Waals surface area contributed by atoms with Crippen molar-refractivity contribution in [2.24, 2.45) is 5.92 Å². The standard InChI is InChI=1S/C39H47N3O6/c1-6-7-8-9-10-23-47-33-21-17-30(18-22-33)37-41-35(42-48-37)29-13-11-27(12-14-29)24-31(36(44)40-26(2)38(45)46)25-34(43)28-15-19-32(20-16-28)39(3,4)5/h11-22,26,31H,6-10,23-25H2,1-5H3,(H,40,44)(H,45,46)/t26-,31-/m1/s1. The predicted octanol–water partition coefficient (Wildman–Crippen LogP) is 8.07. The van der Waals surface area contributed by atoms with Crippen LogP contribution in [0.3, 0.4) is 0 Å². The van der Waals surface area contributed by atoms with Crippen LogP contribution in [0, 0.1) is 5.92 Å². The molecule has 0 aliphatic carbocycles. The predicted molar refractivity (Wildman–Crippen MR) is 186 cm³/mol. The molecule has 0 unspecified atom stereocenters. The summed E-state index contributed by atoms with van der Waals surface area (Å²) in [5, 5.41) is 16.0. The molecule has 4 rings (SSSR count). The lowest BCUT2D eigenvalue weighted by molar-refractivity contribution is -0.141. The minimum atomic E-state index is -1.15. The zero-order valence-electron chi connectivity index (χ0n) is 28.6. The van der Waals surface area contributed by atoms with Gasteiger partial charge < -0.3 is 19.7 Å². The van der Waals surface area contributed by atoms with Crippen LogP contribution in [-0.4, -0.2) is 45.6 Å². The number of amides is 1. The minimum Gasteiger partial charge on any atom is -0.494 e. The van der Waals surface area contributed by atoms with E-state index in [0.717, 1.165) is 34.4 Å². The van der Waals surface area contributed by atoms with Gasteiger partial charge in [0.05, 0.1) is 6.61 Å².